The van der Waals surface area contributed by atoms with Crippen LogP contribution in [-0.2, 0) is 6.54 Å². The summed E-state index contributed by atoms with van der Waals surface area (Å²) in [6.07, 6.45) is -8.76. The second kappa shape index (κ2) is 4.89. The molecule has 1 fully saturated rings. The molecule has 0 spiro atoms. The Hall–Kier alpha value is -1.26. The van der Waals surface area contributed by atoms with Gasteiger partial charge in [0.05, 0.1) is 11.9 Å². The molecule has 1 heterocycles. The number of hydrogen-bond acceptors (Lipinski definition) is 3. The van der Waals surface area contributed by atoms with Gasteiger partial charge in [-0.3, -0.25) is 4.79 Å². The summed E-state index contributed by atoms with van der Waals surface area (Å²) in [5, 5.41) is 5.38. The predicted octanol–water partition coefficient (Wildman–Crippen LogP) is 3.07. The van der Waals surface area contributed by atoms with E-state index in [4.69, 9.17) is 0 Å². The minimum absolute atomic E-state index is 0.127. The summed E-state index contributed by atoms with van der Waals surface area (Å²) < 4.78 is 74.7. The second-order valence-corrected chi connectivity index (χ2v) is 5.45. The molecule has 2 rings (SSSR count). The number of halogens is 7. The highest BCUT2D eigenvalue weighted by atomic mass is 79.9. The van der Waals surface area contributed by atoms with Gasteiger partial charge >= 0.3 is 12.4 Å². The molecule has 0 aliphatic heterocycles. The van der Waals surface area contributed by atoms with Gasteiger partial charge in [0, 0.05) is 0 Å². The fraction of sp³-hybridized carbons (Fsp3) is 0.600. The van der Waals surface area contributed by atoms with Gasteiger partial charge in [0.15, 0.2) is 0 Å². The molecule has 0 aromatic carbocycles. The predicted molar refractivity (Wildman–Crippen MR) is 63.9 cm³/mol. The molecule has 0 radical (unpaired) electrons. The first-order valence-electron chi connectivity index (χ1n) is 5.62. The first kappa shape index (κ1) is 16.1. The van der Waals surface area contributed by atoms with Crippen molar-refractivity contribution in [3.8, 4) is 0 Å². The monoisotopic (exact) mass is 379 g/mol. The standard InChI is InChI=1S/C10H8BrF6N3O/c11-6-5(19-8(1-2-8)10(15,16)17)3-18-20(7(6)21)4-9(12,13)14/h3,19H,1-2,4H2. The molecule has 1 aliphatic carbocycles. The summed E-state index contributed by atoms with van der Waals surface area (Å²) >= 11 is 2.72. The third kappa shape index (κ3) is 3.33. The summed E-state index contributed by atoms with van der Waals surface area (Å²) in [6, 6.07) is 0. The lowest BCUT2D eigenvalue weighted by Crippen LogP contribution is -2.39. The van der Waals surface area contributed by atoms with E-state index in [2.05, 4.69) is 26.3 Å². The SMILES string of the molecule is O=c1c(Br)c(NC2(C(F)(F)F)CC2)cnn1CC(F)(F)F. The molecule has 1 aromatic heterocycles. The summed E-state index contributed by atoms with van der Waals surface area (Å²) in [6.45, 7) is -1.62. The van der Waals surface area contributed by atoms with Gasteiger partial charge in [-0.05, 0) is 28.8 Å². The third-order valence-corrected chi connectivity index (χ3v) is 3.75. The Kier molecular flexibility index (Phi) is 3.75. The molecule has 11 heteroatoms. The Morgan fingerprint density at radius 2 is 1.86 bits per heavy atom. The number of nitrogens with one attached hydrogen (secondary N) is 1. The zero-order valence-corrected chi connectivity index (χ0v) is 11.7. The molecule has 0 atom stereocenters. The smallest absolute Gasteiger partial charge is 0.369 e. The minimum atomic E-state index is -4.66. The highest BCUT2D eigenvalue weighted by molar-refractivity contribution is 9.10. The van der Waals surface area contributed by atoms with Crippen LogP contribution < -0.4 is 10.9 Å². The fourth-order valence-electron chi connectivity index (χ4n) is 1.70. The molecule has 0 unspecified atom stereocenters. The lowest BCUT2D eigenvalue weighted by molar-refractivity contribution is -0.151. The van der Waals surface area contributed by atoms with E-state index in [0.717, 1.165) is 6.20 Å². The van der Waals surface area contributed by atoms with Crippen LogP contribution in [0.15, 0.2) is 15.5 Å². The maximum Gasteiger partial charge on any atom is 0.411 e. The topological polar surface area (TPSA) is 46.9 Å². The normalized spacial score (nSPS) is 17.7. The third-order valence-electron chi connectivity index (χ3n) is 2.98. The lowest BCUT2D eigenvalue weighted by Gasteiger charge is -2.22. The Morgan fingerprint density at radius 1 is 1.29 bits per heavy atom. The van der Waals surface area contributed by atoms with Crippen LogP contribution in [0.5, 0.6) is 0 Å². The molecule has 0 bridgehead atoms. The number of aromatic nitrogens is 2. The lowest BCUT2D eigenvalue weighted by atomic mass is 10.2. The van der Waals surface area contributed by atoms with Gasteiger partial charge in [-0.25, -0.2) is 4.68 Å². The molecule has 1 saturated carbocycles. The van der Waals surface area contributed by atoms with E-state index in [0.29, 0.717) is 0 Å². The van der Waals surface area contributed by atoms with Crippen molar-refractivity contribution in [3.05, 3.63) is 21.0 Å². The summed E-state index contributed by atoms with van der Waals surface area (Å²) in [7, 11) is 0. The molecule has 0 saturated heterocycles. The van der Waals surface area contributed by atoms with Gasteiger partial charge < -0.3 is 5.32 Å². The number of rotatable bonds is 3. The van der Waals surface area contributed by atoms with E-state index in [1.165, 1.54) is 0 Å². The molecular formula is C10H8BrF6N3O. The van der Waals surface area contributed by atoms with Crippen molar-refractivity contribution in [2.45, 2.75) is 37.3 Å². The van der Waals surface area contributed by atoms with E-state index < -0.39 is 34.5 Å². The number of alkyl halides is 6. The first-order chi connectivity index (χ1) is 9.45. The number of hydrogen-bond donors (Lipinski definition) is 1. The fourth-order valence-corrected chi connectivity index (χ4v) is 2.10. The maximum atomic E-state index is 12.8. The van der Waals surface area contributed by atoms with Crippen molar-refractivity contribution < 1.29 is 26.3 Å². The van der Waals surface area contributed by atoms with Crippen molar-refractivity contribution in [1.82, 2.24) is 9.78 Å². The molecule has 1 aliphatic rings. The van der Waals surface area contributed by atoms with Gasteiger partial charge in [-0.15, -0.1) is 0 Å². The Labute approximate surface area is 122 Å². The van der Waals surface area contributed by atoms with Crippen LogP contribution in [0, 0.1) is 0 Å². The van der Waals surface area contributed by atoms with Crippen LogP contribution in [0.25, 0.3) is 0 Å². The van der Waals surface area contributed by atoms with Gasteiger partial charge in [0.1, 0.15) is 16.6 Å². The van der Waals surface area contributed by atoms with E-state index >= 15 is 0 Å². The Bertz CT molecular complexity index is 604. The van der Waals surface area contributed by atoms with E-state index in [9.17, 15) is 31.1 Å². The minimum Gasteiger partial charge on any atom is -0.369 e. The van der Waals surface area contributed by atoms with Gasteiger partial charge in [-0.1, -0.05) is 0 Å². The van der Waals surface area contributed by atoms with Gasteiger partial charge in [0.25, 0.3) is 5.56 Å². The van der Waals surface area contributed by atoms with Crippen LogP contribution in [0.2, 0.25) is 0 Å². The van der Waals surface area contributed by atoms with Gasteiger partial charge in [-0.2, -0.15) is 31.4 Å². The van der Waals surface area contributed by atoms with E-state index in [1.807, 2.05) is 0 Å². The zero-order valence-electron chi connectivity index (χ0n) is 10.1. The van der Waals surface area contributed by atoms with Crippen molar-refractivity contribution in [1.29, 1.82) is 0 Å². The molecule has 1 N–H and O–H groups in total. The van der Waals surface area contributed by atoms with Crippen molar-refractivity contribution in [3.63, 3.8) is 0 Å². The average Bonchev–Trinajstić information content (AvgIpc) is 3.08. The highest BCUT2D eigenvalue weighted by Crippen LogP contribution is 2.51. The van der Waals surface area contributed by atoms with Crippen LogP contribution in [-0.4, -0.2) is 27.7 Å². The van der Waals surface area contributed by atoms with Crippen LogP contribution in [0.4, 0.5) is 32.0 Å². The van der Waals surface area contributed by atoms with E-state index in [1.54, 1.807) is 0 Å². The van der Waals surface area contributed by atoms with Crippen molar-refractivity contribution >= 4 is 21.6 Å². The van der Waals surface area contributed by atoms with Gasteiger partial charge in [0.2, 0.25) is 0 Å². The number of nitrogens with zero attached hydrogens (tertiary/aromatic N) is 2. The Balaban J connectivity index is 2.28. The maximum absolute atomic E-state index is 12.8. The largest absolute Gasteiger partial charge is 0.411 e. The molecular weight excluding hydrogens is 372 g/mol. The van der Waals surface area contributed by atoms with Crippen LogP contribution in [0.3, 0.4) is 0 Å². The molecule has 1 aromatic rings. The molecule has 0 amide bonds. The molecule has 4 nitrogen and oxygen atoms in total. The quantitative estimate of drug-likeness (QED) is 0.821. The van der Waals surface area contributed by atoms with Crippen LogP contribution in [0.1, 0.15) is 12.8 Å². The highest BCUT2D eigenvalue weighted by Gasteiger charge is 2.63. The zero-order chi connectivity index (χ0) is 16.1. The number of anilines is 1. The average molecular weight is 380 g/mol. The second-order valence-electron chi connectivity index (χ2n) is 4.66. The molecule has 21 heavy (non-hydrogen) atoms. The van der Waals surface area contributed by atoms with Crippen LogP contribution >= 0.6 is 15.9 Å². The Morgan fingerprint density at radius 3 is 2.29 bits per heavy atom. The van der Waals surface area contributed by atoms with Crippen molar-refractivity contribution in [2.75, 3.05) is 5.32 Å². The summed E-state index contributed by atoms with van der Waals surface area (Å²) in [5.41, 5.74) is -3.58. The van der Waals surface area contributed by atoms with Crippen molar-refractivity contribution in [2.24, 2.45) is 0 Å². The summed E-state index contributed by atoms with van der Waals surface area (Å²) in [4.78, 5) is 11.7. The molecule has 118 valence electrons. The van der Waals surface area contributed by atoms with E-state index in [-0.39, 0.29) is 23.2 Å². The summed E-state index contributed by atoms with van der Waals surface area (Å²) in [5.74, 6) is 0. The first-order valence-corrected chi connectivity index (χ1v) is 6.42.